The number of hydrogen-bond acceptors (Lipinski definition) is 6. The zero-order chi connectivity index (χ0) is 18.0. The molecule has 1 unspecified atom stereocenters. The van der Waals surface area contributed by atoms with Crippen molar-refractivity contribution >= 4 is 17.3 Å². The lowest BCUT2D eigenvalue weighted by Crippen LogP contribution is -2.40. The van der Waals surface area contributed by atoms with Crippen molar-refractivity contribution in [3.8, 4) is 22.1 Å². The van der Waals surface area contributed by atoms with Gasteiger partial charge in [-0.05, 0) is 38.0 Å². The highest BCUT2D eigenvalue weighted by Crippen LogP contribution is 2.35. The van der Waals surface area contributed by atoms with Crippen LogP contribution < -0.4 is 9.47 Å². The Balaban J connectivity index is 1.79. The Morgan fingerprint density at radius 2 is 2.08 bits per heavy atom. The first-order valence-electron chi connectivity index (χ1n) is 8.18. The van der Waals surface area contributed by atoms with E-state index in [1.165, 1.54) is 0 Å². The molecule has 0 aliphatic heterocycles. The monoisotopic (exact) mass is 362 g/mol. The van der Waals surface area contributed by atoms with Crippen LogP contribution in [-0.4, -0.2) is 47.3 Å². The fraction of sp³-hybridized carbons (Fsp3) is 0.444. The largest absolute Gasteiger partial charge is 0.493 e. The van der Waals surface area contributed by atoms with Crippen LogP contribution in [-0.2, 0) is 11.3 Å². The molecule has 134 valence electrons. The maximum absolute atomic E-state index is 11.3. The van der Waals surface area contributed by atoms with Crippen molar-refractivity contribution in [2.75, 3.05) is 14.2 Å². The third-order valence-corrected chi connectivity index (χ3v) is 5.34. The van der Waals surface area contributed by atoms with E-state index in [9.17, 15) is 9.90 Å². The molecule has 1 aliphatic rings. The predicted octanol–water partition coefficient (Wildman–Crippen LogP) is 3.26. The van der Waals surface area contributed by atoms with Gasteiger partial charge in [0.05, 0.1) is 19.9 Å². The average molecular weight is 362 g/mol. The molecule has 0 radical (unpaired) electrons. The summed E-state index contributed by atoms with van der Waals surface area (Å²) in [5.74, 6) is 0.552. The van der Waals surface area contributed by atoms with Gasteiger partial charge in [-0.25, -0.2) is 4.98 Å². The van der Waals surface area contributed by atoms with Gasteiger partial charge >= 0.3 is 5.97 Å². The van der Waals surface area contributed by atoms with Gasteiger partial charge in [0.2, 0.25) is 0 Å². The van der Waals surface area contributed by atoms with Crippen LogP contribution >= 0.6 is 11.3 Å². The van der Waals surface area contributed by atoms with E-state index in [0.717, 1.165) is 29.1 Å². The summed E-state index contributed by atoms with van der Waals surface area (Å²) in [4.78, 5) is 18.0. The molecule has 1 aromatic heterocycles. The van der Waals surface area contributed by atoms with Crippen LogP contribution in [0, 0.1) is 0 Å². The van der Waals surface area contributed by atoms with Gasteiger partial charge in [0.15, 0.2) is 11.5 Å². The Hall–Kier alpha value is -2.12. The Kier molecular flexibility index (Phi) is 5.24. The first kappa shape index (κ1) is 17.7. The van der Waals surface area contributed by atoms with Gasteiger partial charge in [0.1, 0.15) is 11.0 Å². The van der Waals surface area contributed by atoms with Gasteiger partial charge < -0.3 is 14.6 Å². The fourth-order valence-electron chi connectivity index (χ4n) is 2.80. The normalized spacial score (nSPS) is 15.2. The van der Waals surface area contributed by atoms with E-state index in [2.05, 4.69) is 0 Å². The Bertz CT molecular complexity index is 757. The second kappa shape index (κ2) is 7.41. The lowest BCUT2D eigenvalue weighted by atomic mass is 10.2. The Morgan fingerprint density at radius 1 is 1.36 bits per heavy atom. The van der Waals surface area contributed by atoms with Crippen LogP contribution in [0.1, 0.15) is 25.5 Å². The van der Waals surface area contributed by atoms with Crippen molar-refractivity contribution < 1.29 is 19.4 Å². The van der Waals surface area contributed by atoms with Gasteiger partial charge in [0, 0.05) is 23.5 Å². The number of ether oxygens (including phenoxy) is 2. The van der Waals surface area contributed by atoms with Crippen molar-refractivity contribution in [3.05, 3.63) is 29.3 Å². The summed E-state index contributed by atoms with van der Waals surface area (Å²) < 4.78 is 10.6. The van der Waals surface area contributed by atoms with Crippen LogP contribution in [0.25, 0.3) is 10.6 Å². The van der Waals surface area contributed by atoms with E-state index < -0.39 is 12.0 Å². The van der Waals surface area contributed by atoms with Gasteiger partial charge in [0.25, 0.3) is 0 Å². The number of thiazole rings is 1. The summed E-state index contributed by atoms with van der Waals surface area (Å²) in [6.45, 7) is 2.30. The number of carboxylic acid groups (broad SMARTS) is 1. The SMILES string of the molecule is COc1ccc(-c2nc(CN(C3CC3)C(C)C(=O)O)cs2)cc1OC. The summed E-state index contributed by atoms with van der Waals surface area (Å²) in [6, 6.07) is 5.57. The van der Waals surface area contributed by atoms with Crippen molar-refractivity contribution in [1.29, 1.82) is 0 Å². The maximum atomic E-state index is 11.3. The molecule has 1 atom stereocenters. The minimum absolute atomic E-state index is 0.359. The molecule has 7 heteroatoms. The zero-order valence-electron chi connectivity index (χ0n) is 14.6. The van der Waals surface area contributed by atoms with Crippen LogP contribution in [0.5, 0.6) is 11.5 Å². The molecule has 1 saturated carbocycles. The number of rotatable bonds is 8. The highest BCUT2D eigenvalue weighted by atomic mass is 32.1. The molecule has 0 amide bonds. The third-order valence-electron chi connectivity index (χ3n) is 4.40. The molecule has 1 fully saturated rings. The minimum Gasteiger partial charge on any atom is -0.493 e. The van der Waals surface area contributed by atoms with Gasteiger partial charge in [-0.3, -0.25) is 9.69 Å². The van der Waals surface area contributed by atoms with Gasteiger partial charge in [-0.1, -0.05) is 0 Å². The van der Waals surface area contributed by atoms with Crippen LogP contribution in [0.2, 0.25) is 0 Å². The molecule has 0 spiro atoms. The van der Waals surface area contributed by atoms with E-state index in [0.29, 0.717) is 24.1 Å². The highest BCUT2D eigenvalue weighted by Gasteiger charge is 2.35. The number of hydrogen-bond donors (Lipinski definition) is 1. The number of nitrogens with zero attached hydrogens (tertiary/aromatic N) is 2. The van der Waals surface area contributed by atoms with E-state index in [-0.39, 0.29) is 0 Å². The van der Waals surface area contributed by atoms with Crippen LogP contribution in [0.15, 0.2) is 23.6 Å². The summed E-state index contributed by atoms with van der Waals surface area (Å²) >= 11 is 1.55. The van der Waals surface area contributed by atoms with E-state index >= 15 is 0 Å². The summed E-state index contributed by atoms with van der Waals surface area (Å²) in [6.07, 6.45) is 2.12. The topological polar surface area (TPSA) is 71.9 Å². The highest BCUT2D eigenvalue weighted by molar-refractivity contribution is 7.13. The zero-order valence-corrected chi connectivity index (χ0v) is 15.4. The summed E-state index contributed by atoms with van der Waals surface area (Å²) in [5, 5.41) is 12.2. The molecule has 3 rings (SSSR count). The van der Waals surface area contributed by atoms with E-state index in [1.807, 2.05) is 28.5 Å². The molecule has 1 aromatic carbocycles. The lowest BCUT2D eigenvalue weighted by molar-refractivity contribution is -0.143. The Morgan fingerprint density at radius 3 is 2.68 bits per heavy atom. The van der Waals surface area contributed by atoms with Crippen molar-refractivity contribution in [2.24, 2.45) is 0 Å². The maximum Gasteiger partial charge on any atom is 0.320 e. The quantitative estimate of drug-likeness (QED) is 0.777. The van der Waals surface area contributed by atoms with Crippen LogP contribution in [0.4, 0.5) is 0 Å². The summed E-state index contributed by atoms with van der Waals surface area (Å²) in [5.41, 5.74) is 1.85. The van der Waals surface area contributed by atoms with Crippen molar-refractivity contribution in [2.45, 2.75) is 38.4 Å². The second-order valence-corrected chi connectivity index (χ2v) is 6.99. The number of carboxylic acids is 1. The fourth-order valence-corrected chi connectivity index (χ4v) is 3.61. The molecular weight excluding hydrogens is 340 g/mol. The summed E-state index contributed by atoms with van der Waals surface area (Å²) in [7, 11) is 3.21. The molecule has 0 saturated heterocycles. The van der Waals surface area contributed by atoms with Crippen molar-refractivity contribution in [3.63, 3.8) is 0 Å². The molecule has 2 aromatic rings. The number of methoxy groups -OCH3 is 2. The van der Waals surface area contributed by atoms with Gasteiger partial charge in [-0.15, -0.1) is 11.3 Å². The number of aliphatic carboxylic acids is 1. The van der Waals surface area contributed by atoms with Gasteiger partial charge in [-0.2, -0.15) is 0 Å². The van der Waals surface area contributed by atoms with Crippen molar-refractivity contribution in [1.82, 2.24) is 9.88 Å². The third kappa shape index (κ3) is 3.93. The molecule has 1 heterocycles. The van der Waals surface area contributed by atoms with E-state index in [4.69, 9.17) is 14.5 Å². The molecular formula is C18H22N2O4S. The first-order chi connectivity index (χ1) is 12.0. The molecule has 1 N–H and O–H groups in total. The molecule has 6 nitrogen and oxygen atoms in total. The second-order valence-electron chi connectivity index (χ2n) is 6.13. The average Bonchev–Trinajstić information content (AvgIpc) is 3.36. The lowest BCUT2D eigenvalue weighted by Gasteiger charge is -2.25. The molecule has 1 aliphatic carbocycles. The van der Waals surface area contributed by atoms with E-state index in [1.54, 1.807) is 32.5 Å². The first-order valence-corrected chi connectivity index (χ1v) is 9.06. The predicted molar refractivity (Wildman–Crippen MR) is 96.3 cm³/mol. The smallest absolute Gasteiger partial charge is 0.320 e. The number of benzene rings is 1. The Labute approximate surface area is 151 Å². The number of aromatic nitrogens is 1. The van der Waals surface area contributed by atoms with Crippen LogP contribution in [0.3, 0.4) is 0 Å². The standard InChI is InChI=1S/C18H22N2O4S/c1-11(18(21)22)20(14-5-6-14)9-13-10-25-17(19-13)12-4-7-15(23-2)16(8-12)24-3/h4,7-8,10-11,14H,5-6,9H2,1-3H3,(H,21,22). The molecule has 0 bridgehead atoms. The minimum atomic E-state index is -0.790. The molecule has 25 heavy (non-hydrogen) atoms. The number of carbonyl (C=O) groups is 1.